The summed E-state index contributed by atoms with van der Waals surface area (Å²) in [5, 5.41) is 43.4. The number of nitrogens with one attached hydrogen (secondary N) is 4. The molecule has 2 aromatic carbocycles. The van der Waals surface area contributed by atoms with Crippen molar-refractivity contribution in [2.75, 3.05) is 19.7 Å². The van der Waals surface area contributed by atoms with E-state index in [2.05, 4.69) is 55.1 Å². The van der Waals surface area contributed by atoms with Gasteiger partial charge in [-0.1, -0.05) is 95.3 Å². The van der Waals surface area contributed by atoms with Crippen molar-refractivity contribution in [3.05, 3.63) is 71.8 Å². The molecule has 51 heavy (non-hydrogen) atoms. The van der Waals surface area contributed by atoms with E-state index in [1.807, 2.05) is 60.7 Å². The average Bonchev–Trinajstić information content (AvgIpc) is 3.01. The summed E-state index contributed by atoms with van der Waals surface area (Å²) >= 11 is 0. The predicted molar refractivity (Wildman–Crippen MR) is 202 cm³/mol. The molecule has 0 aliphatic heterocycles. The van der Waals surface area contributed by atoms with E-state index < -0.39 is 67.8 Å². The third-order valence-electron chi connectivity index (χ3n) is 9.19. The third kappa shape index (κ3) is 15.3. The highest BCUT2D eigenvalue weighted by atomic mass is 28.4. The lowest BCUT2D eigenvalue weighted by Gasteiger charge is -2.41. The van der Waals surface area contributed by atoms with Crippen LogP contribution in [0, 0.1) is 5.41 Å². The van der Waals surface area contributed by atoms with Gasteiger partial charge in [-0.2, -0.15) is 0 Å². The van der Waals surface area contributed by atoms with Gasteiger partial charge < -0.3 is 45.7 Å². The summed E-state index contributed by atoms with van der Waals surface area (Å²) in [5.41, 5.74) is 0.108. The molecule has 12 nitrogen and oxygen atoms in total. The molecule has 3 amide bonds. The summed E-state index contributed by atoms with van der Waals surface area (Å²) < 4.78 is 11.8. The van der Waals surface area contributed by atoms with Crippen LogP contribution in [0.15, 0.2) is 60.7 Å². The Morgan fingerprint density at radius 3 is 1.59 bits per heavy atom. The summed E-state index contributed by atoms with van der Waals surface area (Å²) in [6.45, 7) is 19.5. The summed E-state index contributed by atoms with van der Waals surface area (Å²) in [6, 6.07) is 16.1. The van der Waals surface area contributed by atoms with Crippen molar-refractivity contribution in [1.29, 1.82) is 0 Å². The fourth-order valence-corrected chi connectivity index (χ4v) is 6.26. The number of hydrogen-bond acceptors (Lipinski definition) is 8. The standard InChI is InChI=1S/C38H62N4O8Si/c1-36(2,3)50-35(48)41-29(22-27-19-15-12-16-20-27)31(44)24-39-23-30(43)28(21-26-17-13-11-14-18-26)40-33(45)32(42-34(46)47)38(7,8)25-49-51(9,10)37(4,5)6/h11-20,28-32,39,42-44H,21-25H2,1-10H3,(H,40,45)(H,41,48)(H,46,47)/t28?,29-,30+,31?,32+/m0/s1. The van der Waals surface area contributed by atoms with Crippen LogP contribution in [-0.2, 0) is 26.8 Å². The van der Waals surface area contributed by atoms with E-state index in [-0.39, 0.29) is 31.2 Å². The second-order valence-corrected chi connectivity index (χ2v) is 21.3. The van der Waals surface area contributed by atoms with Crippen LogP contribution >= 0.6 is 0 Å². The largest absolute Gasteiger partial charge is 0.465 e. The van der Waals surface area contributed by atoms with E-state index in [4.69, 9.17) is 9.16 Å². The van der Waals surface area contributed by atoms with Gasteiger partial charge in [0, 0.05) is 25.1 Å². The third-order valence-corrected chi connectivity index (χ3v) is 13.7. The Hall–Kier alpha value is -3.49. The quantitative estimate of drug-likeness (QED) is 0.106. The van der Waals surface area contributed by atoms with Crippen molar-refractivity contribution in [1.82, 2.24) is 21.3 Å². The Morgan fingerprint density at radius 2 is 1.18 bits per heavy atom. The average molecular weight is 731 g/mol. The highest BCUT2D eigenvalue weighted by molar-refractivity contribution is 6.74. The second-order valence-electron chi connectivity index (χ2n) is 16.5. The maximum atomic E-state index is 13.9. The van der Waals surface area contributed by atoms with Crippen molar-refractivity contribution >= 4 is 26.4 Å². The molecule has 0 saturated carbocycles. The smallest absolute Gasteiger partial charge is 0.407 e. The molecule has 286 valence electrons. The van der Waals surface area contributed by atoms with Crippen molar-refractivity contribution in [2.24, 2.45) is 5.41 Å². The summed E-state index contributed by atoms with van der Waals surface area (Å²) in [7, 11) is -2.22. The maximum Gasteiger partial charge on any atom is 0.407 e. The minimum atomic E-state index is -2.22. The fraction of sp³-hybridized carbons (Fsp3) is 0.605. The molecule has 2 aromatic rings. The Balaban J connectivity index is 2.22. The normalized spacial score (nSPS) is 15.5. The molecule has 0 heterocycles. The number of aliphatic hydroxyl groups excluding tert-OH is 2. The predicted octanol–water partition coefficient (Wildman–Crippen LogP) is 4.85. The molecule has 2 rings (SSSR count). The number of carbonyl (C=O) groups is 3. The van der Waals surface area contributed by atoms with Gasteiger partial charge in [-0.15, -0.1) is 0 Å². The zero-order chi connectivity index (χ0) is 38.6. The van der Waals surface area contributed by atoms with Crippen LogP contribution in [0.5, 0.6) is 0 Å². The zero-order valence-electron chi connectivity index (χ0n) is 32.1. The van der Waals surface area contributed by atoms with Gasteiger partial charge in [0.05, 0.1) is 24.3 Å². The lowest BCUT2D eigenvalue weighted by molar-refractivity contribution is -0.128. The van der Waals surface area contributed by atoms with Crippen LogP contribution in [0.3, 0.4) is 0 Å². The molecule has 2 unspecified atom stereocenters. The molecule has 0 radical (unpaired) electrons. The number of carboxylic acid groups (broad SMARTS) is 1. The number of rotatable bonds is 18. The monoisotopic (exact) mass is 730 g/mol. The number of benzene rings is 2. The van der Waals surface area contributed by atoms with E-state index in [0.29, 0.717) is 6.42 Å². The Bertz CT molecular complexity index is 1380. The number of ether oxygens (including phenoxy) is 1. The Morgan fingerprint density at radius 1 is 0.725 bits per heavy atom. The molecule has 0 bridgehead atoms. The number of aliphatic hydroxyl groups is 2. The van der Waals surface area contributed by atoms with E-state index in [1.165, 1.54) is 0 Å². The topological polar surface area (TPSA) is 178 Å². The van der Waals surface area contributed by atoms with Crippen molar-refractivity contribution < 1.29 is 38.9 Å². The zero-order valence-corrected chi connectivity index (χ0v) is 33.1. The van der Waals surface area contributed by atoms with Gasteiger partial charge in [-0.05, 0) is 62.9 Å². The highest BCUT2D eigenvalue weighted by Gasteiger charge is 2.43. The molecular formula is C38H62N4O8Si. The van der Waals surface area contributed by atoms with E-state index >= 15 is 0 Å². The first-order chi connectivity index (χ1) is 23.5. The number of amides is 3. The van der Waals surface area contributed by atoms with E-state index in [9.17, 15) is 29.7 Å². The van der Waals surface area contributed by atoms with Gasteiger partial charge in [0.15, 0.2) is 8.32 Å². The minimum Gasteiger partial charge on any atom is -0.465 e. The van der Waals surface area contributed by atoms with Gasteiger partial charge >= 0.3 is 12.2 Å². The van der Waals surface area contributed by atoms with Crippen LogP contribution in [0.1, 0.15) is 66.5 Å². The molecule has 0 spiro atoms. The lowest BCUT2D eigenvalue weighted by atomic mass is 9.84. The van der Waals surface area contributed by atoms with E-state index in [1.54, 1.807) is 34.6 Å². The molecule has 5 atom stereocenters. The van der Waals surface area contributed by atoms with Gasteiger partial charge in [-0.3, -0.25) is 4.79 Å². The summed E-state index contributed by atoms with van der Waals surface area (Å²) in [6.07, 6.45) is -3.60. The second kappa shape index (κ2) is 18.8. The molecule has 0 aliphatic carbocycles. The van der Waals surface area contributed by atoms with Gasteiger partial charge in [0.2, 0.25) is 5.91 Å². The first kappa shape index (κ1) is 43.7. The lowest BCUT2D eigenvalue weighted by Crippen LogP contribution is -2.60. The van der Waals surface area contributed by atoms with Crippen molar-refractivity contribution in [2.45, 2.75) is 122 Å². The van der Waals surface area contributed by atoms with Crippen LogP contribution in [0.2, 0.25) is 18.1 Å². The number of carbonyl (C=O) groups excluding carboxylic acids is 2. The van der Waals surface area contributed by atoms with E-state index in [0.717, 1.165) is 11.1 Å². The van der Waals surface area contributed by atoms with Crippen LogP contribution in [-0.4, -0.2) is 97.4 Å². The summed E-state index contributed by atoms with van der Waals surface area (Å²) in [5.74, 6) is -0.592. The van der Waals surface area contributed by atoms with Gasteiger partial charge in [0.1, 0.15) is 11.6 Å². The first-order valence-corrected chi connectivity index (χ1v) is 20.5. The van der Waals surface area contributed by atoms with Crippen molar-refractivity contribution in [3.63, 3.8) is 0 Å². The summed E-state index contributed by atoms with van der Waals surface area (Å²) in [4.78, 5) is 38.4. The molecule has 0 saturated heterocycles. The van der Waals surface area contributed by atoms with Gasteiger partial charge in [0.25, 0.3) is 0 Å². The van der Waals surface area contributed by atoms with Crippen LogP contribution in [0.25, 0.3) is 0 Å². The number of hydrogen-bond donors (Lipinski definition) is 7. The fourth-order valence-electron chi connectivity index (χ4n) is 5.10. The van der Waals surface area contributed by atoms with Crippen LogP contribution < -0.4 is 21.3 Å². The van der Waals surface area contributed by atoms with Crippen molar-refractivity contribution in [3.8, 4) is 0 Å². The molecule has 7 N–H and O–H groups in total. The Labute approximate surface area is 305 Å². The Kier molecular flexibility index (Phi) is 16.1. The SMILES string of the molecule is CC(C)(C)OC(=O)N[C@@H](Cc1ccccc1)C(O)CNC[C@@H](O)C(Cc1ccccc1)NC(=O)[C@@H](NC(=O)O)C(C)(C)CO[Si](C)(C)C(C)(C)C. The number of alkyl carbamates (subject to hydrolysis) is 1. The van der Waals surface area contributed by atoms with Crippen LogP contribution in [0.4, 0.5) is 9.59 Å². The minimum absolute atomic E-state index is 0.0113. The van der Waals surface area contributed by atoms with Gasteiger partial charge in [-0.25, -0.2) is 9.59 Å². The molecule has 0 aromatic heterocycles. The molecule has 13 heteroatoms. The molecule has 0 aliphatic rings. The molecular weight excluding hydrogens is 669 g/mol. The highest BCUT2D eigenvalue weighted by Crippen LogP contribution is 2.38. The first-order valence-electron chi connectivity index (χ1n) is 17.6. The molecule has 0 fully saturated rings. The maximum absolute atomic E-state index is 13.9.